The largest absolute Gasteiger partial charge is 0.444 e. The van der Waals surface area contributed by atoms with E-state index in [9.17, 15) is 4.79 Å². The first-order chi connectivity index (χ1) is 14.5. The summed E-state index contributed by atoms with van der Waals surface area (Å²) in [5, 5.41) is 6.61. The molecule has 1 heterocycles. The molecule has 1 rings (SSSR count). The molecule has 10 heteroatoms. The second-order valence-corrected chi connectivity index (χ2v) is 9.15. The van der Waals surface area contributed by atoms with Crippen molar-refractivity contribution in [2.24, 2.45) is 4.99 Å². The van der Waals surface area contributed by atoms with Crippen LogP contribution in [0.25, 0.3) is 0 Å². The summed E-state index contributed by atoms with van der Waals surface area (Å²) in [4.78, 5) is 19.3. The van der Waals surface area contributed by atoms with E-state index in [4.69, 9.17) is 23.9 Å². The highest BCUT2D eigenvalue weighted by atomic mass is 127. The number of guanidine groups is 1. The number of amides is 1. The number of hydrogen-bond acceptors (Lipinski definition) is 6. The highest BCUT2D eigenvalue weighted by molar-refractivity contribution is 14.0. The Balaban J connectivity index is 0.00000961. The molecule has 2 unspecified atom stereocenters. The third kappa shape index (κ3) is 11.3. The SMILES string of the molecule is CCNC(=NCC1C(C)OC(C)(C)N1C(=O)OC(C)(C)C)NCCCCOCCOC.I. The minimum Gasteiger partial charge on any atom is -0.444 e. The number of rotatable bonds is 11. The Morgan fingerprint density at radius 2 is 1.84 bits per heavy atom. The van der Waals surface area contributed by atoms with Crippen molar-refractivity contribution < 1.29 is 23.7 Å². The lowest BCUT2D eigenvalue weighted by molar-refractivity contribution is -0.0755. The zero-order valence-electron chi connectivity index (χ0n) is 21.2. The molecule has 0 spiro atoms. The van der Waals surface area contributed by atoms with Gasteiger partial charge in [-0.15, -0.1) is 24.0 Å². The number of nitrogens with zero attached hydrogens (tertiary/aromatic N) is 2. The Morgan fingerprint density at radius 1 is 1.16 bits per heavy atom. The Morgan fingerprint density at radius 3 is 2.44 bits per heavy atom. The molecule has 0 aliphatic carbocycles. The number of halogens is 1. The van der Waals surface area contributed by atoms with Gasteiger partial charge < -0.3 is 29.6 Å². The minimum atomic E-state index is -0.753. The van der Waals surface area contributed by atoms with E-state index in [1.165, 1.54) is 0 Å². The van der Waals surface area contributed by atoms with E-state index < -0.39 is 11.3 Å². The normalized spacial score (nSPS) is 20.6. The lowest BCUT2D eigenvalue weighted by atomic mass is 10.1. The monoisotopic (exact) mass is 572 g/mol. The van der Waals surface area contributed by atoms with E-state index in [0.29, 0.717) is 19.8 Å². The van der Waals surface area contributed by atoms with Crippen molar-refractivity contribution in [1.82, 2.24) is 15.5 Å². The summed E-state index contributed by atoms with van der Waals surface area (Å²) in [6.45, 7) is 17.3. The second-order valence-electron chi connectivity index (χ2n) is 9.15. The van der Waals surface area contributed by atoms with Crippen LogP contribution in [0.2, 0.25) is 0 Å². The first-order valence-electron chi connectivity index (χ1n) is 11.3. The fourth-order valence-corrected chi connectivity index (χ4v) is 3.40. The lowest BCUT2D eigenvalue weighted by Gasteiger charge is -2.34. The molecule has 1 aliphatic heterocycles. The predicted molar refractivity (Wildman–Crippen MR) is 138 cm³/mol. The van der Waals surface area contributed by atoms with Crippen molar-refractivity contribution in [2.75, 3.05) is 46.6 Å². The first-order valence-corrected chi connectivity index (χ1v) is 11.3. The summed E-state index contributed by atoms with van der Waals surface area (Å²) in [7, 11) is 1.67. The van der Waals surface area contributed by atoms with E-state index in [1.807, 2.05) is 48.5 Å². The van der Waals surface area contributed by atoms with Crippen molar-refractivity contribution >= 4 is 36.0 Å². The zero-order chi connectivity index (χ0) is 23.5. The summed E-state index contributed by atoms with van der Waals surface area (Å²) in [6.07, 6.45) is 1.40. The summed E-state index contributed by atoms with van der Waals surface area (Å²) >= 11 is 0. The van der Waals surface area contributed by atoms with Crippen LogP contribution >= 0.6 is 24.0 Å². The number of methoxy groups -OCH3 is 1. The Bertz CT molecular complexity index is 569. The van der Waals surface area contributed by atoms with Crippen LogP contribution in [-0.4, -0.2) is 87.0 Å². The van der Waals surface area contributed by atoms with E-state index >= 15 is 0 Å². The van der Waals surface area contributed by atoms with Gasteiger partial charge >= 0.3 is 6.09 Å². The standard InChI is InChI=1S/C22H44N4O5.HI/c1-9-23-19(24-12-10-11-13-29-15-14-28-8)25-16-18-17(2)30-22(6,7)26(18)20(27)31-21(3,4)5;/h17-18H,9-16H2,1-8H3,(H2,23,24,25);1H. The van der Waals surface area contributed by atoms with Crippen LogP contribution in [0.1, 0.15) is 61.3 Å². The highest BCUT2D eigenvalue weighted by Crippen LogP contribution is 2.33. The van der Waals surface area contributed by atoms with Crippen molar-refractivity contribution in [3.63, 3.8) is 0 Å². The molecule has 32 heavy (non-hydrogen) atoms. The lowest BCUT2D eigenvalue weighted by Crippen LogP contribution is -2.51. The van der Waals surface area contributed by atoms with Gasteiger partial charge in [0.1, 0.15) is 11.3 Å². The molecule has 1 aliphatic rings. The van der Waals surface area contributed by atoms with Crippen LogP contribution in [0.15, 0.2) is 4.99 Å². The van der Waals surface area contributed by atoms with Gasteiger partial charge in [0.15, 0.2) is 5.96 Å². The van der Waals surface area contributed by atoms with E-state index in [0.717, 1.165) is 38.5 Å². The maximum Gasteiger partial charge on any atom is 0.412 e. The molecule has 0 bridgehead atoms. The van der Waals surface area contributed by atoms with Crippen LogP contribution < -0.4 is 10.6 Å². The third-order valence-electron chi connectivity index (χ3n) is 4.74. The van der Waals surface area contributed by atoms with E-state index in [2.05, 4.69) is 10.6 Å². The molecule has 0 saturated carbocycles. The van der Waals surface area contributed by atoms with Gasteiger partial charge in [-0.05, 0) is 61.3 Å². The van der Waals surface area contributed by atoms with Gasteiger partial charge in [-0.2, -0.15) is 0 Å². The van der Waals surface area contributed by atoms with Gasteiger partial charge in [0.25, 0.3) is 0 Å². The molecule has 0 radical (unpaired) electrons. The molecular weight excluding hydrogens is 527 g/mol. The predicted octanol–water partition coefficient (Wildman–Crippen LogP) is 3.36. The van der Waals surface area contributed by atoms with Gasteiger partial charge in [0.2, 0.25) is 0 Å². The minimum absolute atomic E-state index is 0. The molecule has 1 amide bonds. The average Bonchev–Trinajstić information content (AvgIpc) is 2.88. The van der Waals surface area contributed by atoms with Crippen LogP contribution in [-0.2, 0) is 18.9 Å². The topological polar surface area (TPSA) is 93.7 Å². The van der Waals surface area contributed by atoms with Gasteiger partial charge in [0.05, 0.1) is 31.9 Å². The quantitative estimate of drug-likeness (QED) is 0.170. The molecule has 190 valence electrons. The smallest absolute Gasteiger partial charge is 0.412 e. The third-order valence-corrected chi connectivity index (χ3v) is 4.74. The fraction of sp³-hybridized carbons (Fsp3) is 0.909. The van der Waals surface area contributed by atoms with Gasteiger partial charge in [-0.1, -0.05) is 0 Å². The molecule has 0 aromatic rings. The summed E-state index contributed by atoms with van der Waals surface area (Å²) < 4.78 is 22.1. The Hall–Kier alpha value is -0.850. The van der Waals surface area contributed by atoms with Crippen LogP contribution in [0.4, 0.5) is 4.79 Å². The van der Waals surface area contributed by atoms with Crippen molar-refractivity contribution in [1.29, 1.82) is 0 Å². The van der Waals surface area contributed by atoms with Crippen LogP contribution in [0, 0.1) is 0 Å². The summed E-state index contributed by atoms with van der Waals surface area (Å²) in [6, 6.07) is -0.213. The maximum atomic E-state index is 12.9. The molecule has 1 saturated heterocycles. The van der Waals surface area contributed by atoms with Crippen molar-refractivity contribution in [3.05, 3.63) is 0 Å². The van der Waals surface area contributed by atoms with Crippen LogP contribution in [0.3, 0.4) is 0 Å². The van der Waals surface area contributed by atoms with E-state index in [1.54, 1.807) is 12.0 Å². The molecule has 0 aromatic carbocycles. The van der Waals surface area contributed by atoms with Crippen LogP contribution in [0.5, 0.6) is 0 Å². The highest BCUT2D eigenvalue weighted by Gasteiger charge is 2.49. The van der Waals surface area contributed by atoms with E-state index in [-0.39, 0.29) is 42.2 Å². The number of aliphatic imine (C=N–C) groups is 1. The molecule has 1 fully saturated rings. The van der Waals surface area contributed by atoms with Gasteiger partial charge in [-0.25, -0.2) is 4.79 Å². The van der Waals surface area contributed by atoms with Gasteiger partial charge in [-0.3, -0.25) is 9.89 Å². The number of nitrogens with one attached hydrogen (secondary N) is 2. The van der Waals surface area contributed by atoms with Crippen molar-refractivity contribution in [3.8, 4) is 0 Å². The molecular formula is C22H45IN4O5. The summed E-state index contributed by atoms with van der Waals surface area (Å²) in [5.41, 5.74) is -1.33. The molecule has 9 nitrogen and oxygen atoms in total. The first kappa shape index (κ1) is 31.1. The average molecular weight is 573 g/mol. The fourth-order valence-electron chi connectivity index (χ4n) is 3.40. The number of carbonyl (C=O) groups is 1. The Labute approximate surface area is 211 Å². The number of hydrogen-bond donors (Lipinski definition) is 2. The molecule has 2 atom stereocenters. The number of ether oxygens (including phenoxy) is 4. The zero-order valence-corrected chi connectivity index (χ0v) is 23.5. The Kier molecular flexibility index (Phi) is 14.7. The number of unbranched alkanes of at least 4 members (excludes halogenated alkanes) is 1. The second kappa shape index (κ2) is 15.1. The number of carbonyl (C=O) groups excluding carboxylic acids is 1. The summed E-state index contributed by atoms with van der Waals surface area (Å²) in [5.74, 6) is 0.726. The van der Waals surface area contributed by atoms with Gasteiger partial charge in [0, 0.05) is 26.8 Å². The molecule has 2 N–H and O–H groups in total. The molecule has 0 aromatic heterocycles. The maximum absolute atomic E-state index is 12.9. The van der Waals surface area contributed by atoms with Crippen molar-refractivity contribution in [2.45, 2.75) is 84.8 Å².